The zero-order valence-corrected chi connectivity index (χ0v) is 9.97. The minimum atomic E-state index is -3.54. The minimum absolute atomic E-state index is 0.107. The second-order valence-electron chi connectivity index (χ2n) is 3.24. The van der Waals surface area contributed by atoms with Gasteiger partial charge in [-0.05, 0) is 19.1 Å². The van der Waals surface area contributed by atoms with Crippen LogP contribution in [-0.2, 0) is 10.2 Å². The molecule has 0 atom stereocenters. The van der Waals surface area contributed by atoms with E-state index in [9.17, 15) is 13.2 Å². The van der Waals surface area contributed by atoms with Gasteiger partial charge in [0, 0.05) is 12.1 Å². The maximum absolute atomic E-state index is 11.4. The molecule has 0 spiro atoms. The third-order valence-electron chi connectivity index (χ3n) is 1.86. The molecule has 0 aliphatic heterocycles. The first kappa shape index (κ1) is 12.7. The number of anilines is 1. The van der Waals surface area contributed by atoms with E-state index in [1.807, 2.05) is 0 Å². The molecule has 0 aromatic heterocycles. The number of Topliss-reactive ketones (excluding diaryl/α,β-unsaturated/α-hetero) is 1. The number of ketones is 1. The molecule has 88 valence electrons. The number of benzene rings is 1. The first-order valence-electron chi connectivity index (χ1n) is 4.83. The minimum Gasteiger partial charge on any atom is -0.295 e. The number of hydrogen-bond acceptors (Lipinski definition) is 3. The molecule has 0 saturated carbocycles. The Kier molecular flexibility index (Phi) is 4.03. The molecule has 0 heterocycles. The number of rotatable bonds is 5. The van der Waals surface area contributed by atoms with Crippen LogP contribution in [-0.4, -0.2) is 20.7 Å². The summed E-state index contributed by atoms with van der Waals surface area (Å²) < 4.78 is 27.4. The average Bonchev–Trinajstić information content (AvgIpc) is 2.17. The second kappa shape index (κ2) is 5.09. The lowest BCUT2D eigenvalue weighted by Crippen LogP contribution is -2.29. The lowest BCUT2D eigenvalue weighted by Gasteiger charge is -2.08. The summed E-state index contributed by atoms with van der Waals surface area (Å²) in [7, 11) is -3.54. The van der Waals surface area contributed by atoms with Gasteiger partial charge in [-0.2, -0.15) is 13.1 Å². The molecule has 0 aliphatic carbocycles. The lowest BCUT2D eigenvalue weighted by atomic mass is 10.1. The standard InChI is InChI=1S/C10H14N2O3S/c1-3-11-16(14,15)12-10-6-4-5-9(7-10)8(2)13/h4-7,11-12H,3H2,1-2H3. The summed E-state index contributed by atoms with van der Waals surface area (Å²) in [6.07, 6.45) is 0. The monoisotopic (exact) mass is 242 g/mol. The van der Waals surface area contributed by atoms with Gasteiger partial charge in [0.1, 0.15) is 0 Å². The first-order valence-corrected chi connectivity index (χ1v) is 6.31. The largest absolute Gasteiger partial charge is 0.299 e. The molecule has 0 bridgehead atoms. The fourth-order valence-electron chi connectivity index (χ4n) is 1.18. The van der Waals surface area contributed by atoms with E-state index in [1.54, 1.807) is 25.1 Å². The highest BCUT2D eigenvalue weighted by Gasteiger charge is 2.08. The van der Waals surface area contributed by atoms with Gasteiger partial charge in [0.05, 0.1) is 5.69 Å². The molecule has 0 radical (unpaired) electrons. The SMILES string of the molecule is CCNS(=O)(=O)Nc1cccc(C(C)=O)c1. The Morgan fingerprint density at radius 2 is 2.06 bits per heavy atom. The third kappa shape index (κ3) is 3.63. The van der Waals surface area contributed by atoms with Gasteiger partial charge in [-0.3, -0.25) is 9.52 Å². The average molecular weight is 242 g/mol. The van der Waals surface area contributed by atoms with Crippen LogP contribution in [0.4, 0.5) is 5.69 Å². The van der Waals surface area contributed by atoms with Gasteiger partial charge in [-0.25, -0.2) is 0 Å². The number of nitrogens with one attached hydrogen (secondary N) is 2. The van der Waals surface area contributed by atoms with Gasteiger partial charge in [0.2, 0.25) is 0 Å². The highest BCUT2D eigenvalue weighted by Crippen LogP contribution is 2.12. The molecule has 1 rings (SSSR count). The number of carbonyl (C=O) groups is 1. The van der Waals surface area contributed by atoms with E-state index in [0.29, 0.717) is 17.8 Å². The molecule has 5 nitrogen and oxygen atoms in total. The maximum Gasteiger partial charge on any atom is 0.299 e. The zero-order valence-electron chi connectivity index (χ0n) is 9.15. The van der Waals surface area contributed by atoms with E-state index in [1.165, 1.54) is 13.0 Å². The molecule has 0 saturated heterocycles. The topological polar surface area (TPSA) is 75.3 Å². The summed E-state index contributed by atoms with van der Waals surface area (Å²) >= 11 is 0. The van der Waals surface area contributed by atoms with Gasteiger partial charge in [0.25, 0.3) is 10.2 Å². The molecule has 0 fully saturated rings. The van der Waals surface area contributed by atoms with Crippen molar-refractivity contribution in [2.24, 2.45) is 0 Å². The van der Waals surface area contributed by atoms with Crippen LogP contribution in [0.2, 0.25) is 0 Å². The quantitative estimate of drug-likeness (QED) is 0.761. The number of carbonyl (C=O) groups excluding carboxylic acids is 1. The molecule has 0 unspecified atom stereocenters. The second-order valence-corrected chi connectivity index (χ2v) is 4.74. The number of hydrogen-bond donors (Lipinski definition) is 2. The van der Waals surface area contributed by atoms with Gasteiger partial charge in [-0.15, -0.1) is 0 Å². The lowest BCUT2D eigenvalue weighted by molar-refractivity contribution is 0.101. The van der Waals surface area contributed by atoms with E-state index < -0.39 is 10.2 Å². The van der Waals surface area contributed by atoms with E-state index >= 15 is 0 Å². The Morgan fingerprint density at radius 1 is 1.38 bits per heavy atom. The van der Waals surface area contributed by atoms with Gasteiger partial charge >= 0.3 is 0 Å². The van der Waals surface area contributed by atoms with Crippen molar-refractivity contribution in [1.29, 1.82) is 0 Å². The fourth-order valence-corrected chi connectivity index (χ4v) is 2.07. The van der Waals surface area contributed by atoms with Gasteiger partial charge < -0.3 is 0 Å². The van der Waals surface area contributed by atoms with E-state index in [-0.39, 0.29) is 5.78 Å². The Balaban J connectivity index is 2.90. The molecular weight excluding hydrogens is 228 g/mol. The molecule has 6 heteroatoms. The van der Waals surface area contributed by atoms with Crippen LogP contribution in [0.3, 0.4) is 0 Å². The van der Waals surface area contributed by atoms with Crippen molar-refractivity contribution in [2.45, 2.75) is 13.8 Å². The third-order valence-corrected chi connectivity index (χ3v) is 3.03. The smallest absolute Gasteiger partial charge is 0.295 e. The Morgan fingerprint density at radius 3 is 2.62 bits per heavy atom. The van der Waals surface area contributed by atoms with Crippen LogP contribution < -0.4 is 9.44 Å². The summed E-state index contributed by atoms with van der Waals surface area (Å²) in [6, 6.07) is 6.34. The predicted octanol–water partition coefficient (Wildman–Crippen LogP) is 1.16. The summed E-state index contributed by atoms with van der Waals surface area (Å²) in [4.78, 5) is 11.1. The van der Waals surface area contributed by atoms with Crippen molar-refractivity contribution in [1.82, 2.24) is 4.72 Å². The molecule has 0 amide bonds. The molecule has 1 aromatic rings. The normalized spacial score (nSPS) is 11.1. The molecule has 0 aliphatic rings. The first-order chi connectivity index (χ1) is 7.44. The van der Waals surface area contributed by atoms with Crippen LogP contribution in [0.15, 0.2) is 24.3 Å². The van der Waals surface area contributed by atoms with Crippen molar-refractivity contribution >= 4 is 21.7 Å². The fraction of sp³-hybridized carbons (Fsp3) is 0.300. The van der Waals surface area contributed by atoms with Gasteiger partial charge in [0.15, 0.2) is 5.78 Å². The van der Waals surface area contributed by atoms with Crippen LogP contribution in [0.25, 0.3) is 0 Å². The molecule has 2 N–H and O–H groups in total. The van der Waals surface area contributed by atoms with E-state index in [0.717, 1.165) is 0 Å². The Labute approximate surface area is 95.0 Å². The van der Waals surface area contributed by atoms with E-state index in [2.05, 4.69) is 9.44 Å². The van der Waals surface area contributed by atoms with Crippen molar-refractivity contribution in [3.63, 3.8) is 0 Å². The molecule has 16 heavy (non-hydrogen) atoms. The summed E-state index contributed by atoms with van der Waals surface area (Å²) in [5, 5.41) is 0. The van der Waals surface area contributed by atoms with Crippen LogP contribution in [0.1, 0.15) is 24.2 Å². The summed E-state index contributed by atoms with van der Waals surface area (Å²) in [5.74, 6) is -0.107. The van der Waals surface area contributed by atoms with Crippen LogP contribution in [0, 0.1) is 0 Å². The van der Waals surface area contributed by atoms with Crippen molar-refractivity contribution in [3.8, 4) is 0 Å². The summed E-state index contributed by atoms with van der Waals surface area (Å²) in [5.41, 5.74) is 0.838. The Hall–Kier alpha value is -1.40. The van der Waals surface area contributed by atoms with Crippen molar-refractivity contribution < 1.29 is 13.2 Å². The zero-order chi connectivity index (χ0) is 12.2. The van der Waals surface area contributed by atoms with Crippen LogP contribution in [0.5, 0.6) is 0 Å². The van der Waals surface area contributed by atoms with Gasteiger partial charge in [-0.1, -0.05) is 19.1 Å². The van der Waals surface area contributed by atoms with Crippen molar-refractivity contribution in [2.75, 3.05) is 11.3 Å². The van der Waals surface area contributed by atoms with Crippen molar-refractivity contribution in [3.05, 3.63) is 29.8 Å². The highest BCUT2D eigenvalue weighted by atomic mass is 32.2. The van der Waals surface area contributed by atoms with Crippen LogP contribution >= 0.6 is 0 Å². The molecule has 1 aromatic carbocycles. The molecular formula is C10H14N2O3S. The highest BCUT2D eigenvalue weighted by molar-refractivity contribution is 7.90. The van der Waals surface area contributed by atoms with E-state index in [4.69, 9.17) is 0 Å². The summed E-state index contributed by atoms with van der Waals surface area (Å²) in [6.45, 7) is 3.42. The maximum atomic E-state index is 11.4. The Bertz CT molecular complexity index is 483. The predicted molar refractivity (Wildman–Crippen MR) is 62.7 cm³/mol.